The summed E-state index contributed by atoms with van der Waals surface area (Å²) in [7, 11) is 0. The number of piperidine rings is 1. The molecule has 2 saturated heterocycles. The lowest BCUT2D eigenvalue weighted by molar-refractivity contribution is -0.137. The molecule has 5 nitrogen and oxygen atoms in total. The van der Waals surface area contributed by atoms with Crippen molar-refractivity contribution in [1.82, 2.24) is 9.80 Å². The minimum atomic E-state index is -0.136. The molecule has 1 unspecified atom stereocenters. The van der Waals surface area contributed by atoms with Crippen LogP contribution in [0.5, 0.6) is 5.75 Å². The fourth-order valence-electron chi connectivity index (χ4n) is 3.90. The van der Waals surface area contributed by atoms with E-state index in [1.165, 1.54) is 5.56 Å². The number of rotatable bonds is 4. The lowest BCUT2D eigenvalue weighted by atomic mass is 10.0. The smallest absolute Gasteiger partial charge is 0.227 e. The van der Waals surface area contributed by atoms with Crippen LogP contribution in [0.4, 0.5) is 0 Å². The fraction of sp³-hybridized carbons (Fsp3) is 0.600. The summed E-state index contributed by atoms with van der Waals surface area (Å²) >= 11 is 0. The molecule has 2 heterocycles. The van der Waals surface area contributed by atoms with E-state index < -0.39 is 0 Å². The molecular weight excluding hydrogens is 316 g/mol. The number of ether oxygens (including phenoxy) is 1. The lowest BCUT2D eigenvalue weighted by Gasteiger charge is -2.33. The highest BCUT2D eigenvalue weighted by molar-refractivity contribution is 5.89. The Morgan fingerprint density at radius 1 is 1.08 bits per heavy atom. The van der Waals surface area contributed by atoms with Crippen LogP contribution >= 0.6 is 0 Å². The number of nitrogens with zero attached hydrogens (tertiary/aromatic N) is 2. The molecule has 134 valence electrons. The number of hydrogen-bond acceptors (Lipinski definition) is 3. The third-order valence-electron chi connectivity index (χ3n) is 5.57. The Hall–Kier alpha value is -2.04. The Balaban J connectivity index is 1.27. The van der Waals surface area contributed by atoms with E-state index in [0.717, 1.165) is 44.5 Å². The van der Waals surface area contributed by atoms with Gasteiger partial charge < -0.3 is 14.5 Å². The Morgan fingerprint density at radius 2 is 1.76 bits per heavy atom. The van der Waals surface area contributed by atoms with Crippen LogP contribution < -0.4 is 4.74 Å². The third kappa shape index (κ3) is 3.65. The third-order valence-corrected chi connectivity index (χ3v) is 5.57. The van der Waals surface area contributed by atoms with Gasteiger partial charge in [0.2, 0.25) is 11.8 Å². The van der Waals surface area contributed by atoms with Gasteiger partial charge >= 0.3 is 0 Å². The molecule has 0 N–H and O–H groups in total. The van der Waals surface area contributed by atoms with E-state index in [-0.39, 0.29) is 23.8 Å². The number of amides is 2. The SMILES string of the molecule is Cc1ccc(OC2CCN(C(=O)C3CC(=O)N(C4CC4)C3)CC2)cc1. The summed E-state index contributed by atoms with van der Waals surface area (Å²) in [6.45, 7) is 4.14. The molecule has 1 aliphatic carbocycles. The van der Waals surface area contributed by atoms with Crippen LogP contribution in [0.3, 0.4) is 0 Å². The van der Waals surface area contributed by atoms with E-state index in [1.54, 1.807) is 0 Å². The molecule has 3 fully saturated rings. The summed E-state index contributed by atoms with van der Waals surface area (Å²) in [4.78, 5) is 28.7. The Kier molecular flexibility index (Phi) is 4.40. The maximum absolute atomic E-state index is 12.7. The van der Waals surface area contributed by atoms with Crippen molar-refractivity contribution < 1.29 is 14.3 Å². The van der Waals surface area contributed by atoms with E-state index in [4.69, 9.17) is 4.74 Å². The molecule has 5 heteroatoms. The topological polar surface area (TPSA) is 49.9 Å². The van der Waals surface area contributed by atoms with Crippen LogP contribution in [0, 0.1) is 12.8 Å². The van der Waals surface area contributed by atoms with Crippen molar-refractivity contribution in [2.24, 2.45) is 5.92 Å². The Morgan fingerprint density at radius 3 is 2.40 bits per heavy atom. The number of benzene rings is 1. The van der Waals surface area contributed by atoms with Crippen LogP contribution in [0.25, 0.3) is 0 Å². The molecule has 2 amide bonds. The van der Waals surface area contributed by atoms with E-state index in [1.807, 2.05) is 21.9 Å². The van der Waals surface area contributed by atoms with E-state index in [0.29, 0.717) is 19.0 Å². The average molecular weight is 342 g/mol. The lowest BCUT2D eigenvalue weighted by Crippen LogP contribution is -2.45. The summed E-state index contributed by atoms with van der Waals surface area (Å²) < 4.78 is 6.04. The fourth-order valence-corrected chi connectivity index (χ4v) is 3.90. The molecule has 0 aromatic heterocycles. The van der Waals surface area contributed by atoms with Crippen molar-refractivity contribution in [2.45, 2.75) is 51.2 Å². The molecule has 1 aromatic rings. The van der Waals surface area contributed by atoms with E-state index in [9.17, 15) is 9.59 Å². The van der Waals surface area contributed by atoms with Crippen LogP contribution in [0.15, 0.2) is 24.3 Å². The van der Waals surface area contributed by atoms with E-state index >= 15 is 0 Å². The number of likely N-dealkylation sites (tertiary alicyclic amines) is 2. The predicted molar refractivity (Wildman–Crippen MR) is 94.3 cm³/mol. The van der Waals surface area contributed by atoms with Gasteiger partial charge in [0, 0.05) is 44.9 Å². The summed E-state index contributed by atoms with van der Waals surface area (Å²) in [5.41, 5.74) is 1.22. The van der Waals surface area contributed by atoms with Gasteiger partial charge in [-0.25, -0.2) is 0 Å². The molecule has 3 aliphatic rings. The van der Waals surface area contributed by atoms with Gasteiger partial charge in [0.05, 0.1) is 5.92 Å². The second kappa shape index (κ2) is 6.70. The molecule has 4 rings (SSSR count). The molecule has 25 heavy (non-hydrogen) atoms. The number of carbonyl (C=O) groups excluding carboxylic acids is 2. The van der Waals surface area contributed by atoms with Crippen molar-refractivity contribution in [3.63, 3.8) is 0 Å². The zero-order valence-electron chi connectivity index (χ0n) is 14.8. The standard InChI is InChI=1S/C20H26N2O3/c1-14-2-6-17(7-3-14)25-18-8-10-21(11-9-18)20(24)15-12-19(23)22(13-15)16-4-5-16/h2-3,6-7,15-16,18H,4-5,8-13H2,1H3. The Bertz CT molecular complexity index is 645. The molecule has 0 spiro atoms. The Labute approximate surface area is 148 Å². The quantitative estimate of drug-likeness (QED) is 0.844. The highest BCUT2D eigenvalue weighted by Gasteiger charge is 2.43. The highest BCUT2D eigenvalue weighted by Crippen LogP contribution is 2.33. The molecule has 2 aliphatic heterocycles. The van der Waals surface area contributed by atoms with Crippen molar-refractivity contribution in [2.75, 3.05) is 19.6 Å². The number of hydrogen-bond donors (Lipinski definition) is 0. The van der Waals surface area contributed by atoms with Crippen LogP contribution in [0.2, 0.25) is 0 Å². The van der Waals surface area contributed by atoms with Gasteiger partial charge in [0.15, 0.2) is 0 Å². The monoisotopic (exact) mass is 342 g/mol. The predicted octanol–water partition coefficient (Wildman–Crippen LogP) is 2.38. The second-order valence-electron chi connectivity index (χ2n) is 7.63. The van der Waals surface area contributed by atoms with Crippen LogP contribution in [-0.4, -0.2) is 53.4 Å². The maximum Gasteiger partial charge on any atom is 0.227 e. The molecule has 1 saturated carbocycles. The second-order valence-corrected chi connectivity index (χ2v) is 7.63. The first kappa shape index (κ1) is 16.4. The first-order valence-corrected chi connectivity index (χ1v) is 9.42. The van der Waals surface area contributed by atoms with Crippen molar-refractivity contribution in [1.29, 1.82) is 0 Å². The molecule has 0 bridgehead atoms. The first-order valence-electron chi connectivity index (χ1n) is 9.42. The maximum atomic E-state index is 12.7. The number of aryl methyl sites for hydroxylation is 1. The normalized spacial score (nSPS) is 24.7. The summed E-state index contributed by atoms with van der Waals surface area (Å²) in [6.07, 6.45) is 4.48. The van der Waals surface area contributed by atoms with Gasteiger partial charge in [-0.05, 0) is 31.9 Å². The van der Waals surface area contributed by atoms with Gasteiger partial charge in [0.1, 0.15) is 11.9 Å². The zero-order valence-corrected chi connectivity index (χ0v) is 14.8. The van der Waals surface area contributed by atoms with Crippen molar-refractivity contribution >= 4 is 11.8 Å². The molecular formula is C20H26N2O3. The minimum absolute atomic E-state index is 0.136. The van der Waals surface area contributed by atoms with Gasteiger partial charge in [-0.3, -0.25) is 9.59 Å². The van der Waals surface area contributed by atoms with Gasteiger partial charge in [-0.2, -0.15) is 0 Å². The van der Waals surface area contributed by atoms with Crippen LogP contribution in [0.1, 0.15) is 37.7 Å². The average Bonchev–Trinajstić information content (AvgIpc) is 3.39. The van der Waals surface area contributed by atoms with Crippen molar-refractivity contribution in [3.8, 4) is 5.75 Å². The van der Waals surface area contributed by atoms with Crippen molar-refractivity contribution in [3.05, 3.63) is 29.8 Å². The minimum Gasteiger partial charge on any atom is -0.490 e. The van der Waals surface area contributed by atoms with Gasteiger partial charge in [0.25, 0.3) is 0 Å². The summed E-state index contributed by atoms with van der Waals surface area (Å²) in [5.74, 6) is 1.09. The zero-order chi connectivity index (χ0) is 17.4. The highest BCUT2D eigenvalue weighted by atomic mass is 16.5. The van der Waals surface area contributed by atoms with E-state index in [2.05, 4.69) is 19.1 Å². The van der Waals surface area contributed by atoms with Gasteiger partial charge in [-0.1, -0.05) is 17.7 Å². The first-order chi connectivity index (χ1) is 12.1. The number of carbonyl (C=O) groups is 2. The molecule has 0 radical (unpaired) electrons. The summed E-state index contributed by atoms with van der Waals surface area (Å²) in [6, 6.07) is 8.53. The van der Waals surface area contributed by atoms with Crippen LogP contribution in [-0.2, 0) is 9.59 Å². The molecule has 1 atom stereocenters. The summed E-state index contributed by atoms with van der Waals surface area (Å²) in [5, 5.41) is 0. The van der Waals surface area contributed by atoms with Gasteiger partial charge in [-0.15, -0.1) is 0 Å². The largest absolute Gasteiger partial charge is 0.490 e. The molecule has 1 aromatic carbocycles.